The number of hydrogen-bond acceptors (Lipinski definition) is 3. The van der Waals surface area contributed by atoms with Gasteiger partial charge in [-0.15, -0.1) is 0 Å². The van der Waals surface area contributed by atoms with E-state index in [-0.39, 0.29) is 10.8 Å². The van der Waals surface area contributed by atoms with Crippen molar-refractivity contribution in [3.8, 4) is 0 Å². The summed E-state index contributed by atoms with van der Waals surface area (Å²) in [5.74, 6) is 0. The molecule has 0 radical (unpaired) electrons. The molecule has 11 aromatic rings. The van der Waals surface area contributed by atoms with Crippen molar-refractivity contribution >= 4 is 77.5 Å². The number of anilines is 5. The molecule has 384 valence electrons. The summed E-state index contributed by atoms with van der Waals surface area (Å²) in [6, 6.07) is 82.8. The SMILES string of the molecule is C=C1/C=C\C=C/CC2=C(C=C1N(c1ccc(C(C)(C)C)cc1)c1ccc3ccccc3c1)C(c1ccccc1)(c1ccccc1)c1cc(N(c3ccc(C(C)(C)C)cc3)c3ccc4ccccc4c3)c3c(oc4ccccc43)c12. The first-order valence-corrected chi connectivity index (χ1v) is 27.7. The van der Waals surface area contributed by atoms with E-state index in [9.17, 15) is 0 Å². The molecule has 10 aromatic carbocycles. The van der Waals surface area contributed by atoms with E-state index >= 15 is 0 Å². The van der Waals surface area contributed by atoms with Gasteiger partial charge in [-0.1, -0.05) is 236 Å². The molecule has 13 rings (SSSR count). The van der Waals surface area contributed by atoms with E-state index in [0.717, 1.165) is 83.9 Å². The summed E-state index contributed by atoms with van der Waals surface area (Å²) in [6.45, 7) is 18.6. The van der Waals surface area contributed by atoms with Gasteiger partial charge in [0.1, 0.15) is 11.2 Å². The highest BCUT2D eigenvalue weighted by molar-refractivity contribution is 6.18. The van der Waals surface area contributed by atoms with Crippen LogP contribution in [0, 0.1) is 0 Å². The van der Waals surface area contributed by atoms with Gasteiger partial charge < -0.3 is 14.2 Å². The first-order chi connectivity index (χ1) is 38.4. The second kappa shape index (κ2) is 19.4. The normalized spacial score (nSPS) is 15.3. The highest BCUT2D eigenvalue weighted by Gasteiger charge is 2.49. The van der Waals surface area contributed by atoms with Gasteiger partial charge in [0.2, 0.25) is 0 Å². The third kappa shape index (κ3) is 8.53. The van der Waals surface area contributed by atoms with E-state index < -0.39 is 5.41 Å². The number of nitrogens with zero attached hydrogens (tertiary/aromatic N) is 2. The summed E-state index contributed by atoms with van der Waals surface area (Å²) >= 11 is 0. The number of fused-ring (bicyclic) bond motifs is 8. The summed E-state index contributed by atoms with van der Waals surface area (Å²) in [6.07, 6.45) is 11.9. The lowest BCUT2D eigenvalue weighted by atomic mass is 9.66. The molecule has 0 unspecified atom stereocenters. The lowest BCUT2D eigenvalue weighted by Crippen LogP contribution is -2.30. The number of rotatable bonds is 8. The third-order valence-corrected chi connectivity index (χ3v) is 16.4. The minimum atomic E-state index is -0.867. The number of furan rings is 1. The molecule has 79 heavy (non-hydrogen) atoms. The third-order valence-electron chi connectivity index (χ3n) is 16.4. The zero-order valence-electron chi connectivity index (χ0n) is 46.0. The van der Waals surface area contributed by atoms with Crippen LogP contribution in [0.1, 0.15) is 81.3 Å². The molecule has 0 N–H and O–H groups in total. The molecule has 2 aliphatic rings. The molecule has 0 atom stereocenters. The molecule has 0 spiro atoms. The van der Waals surface area contributed by atoms with Crippen molar-refractivity contribution in [2.75, 3.05) is 9.80 Å². The maximum Gasteiger partial charge on any atom is 0.145 e. The van der Waals surface area contributed by atoms with Crippen molar-refractivity contribution in [2.24, 2.45) is 0 Å². The molecule has 3 heteroatoms. The molecular formula is C76H64N2O. The predicted molar refractivity (Wildman–Crippen MR) is 336 cm³/mol. The van der Waals surface area contributed by atoms with Crippen LogP contribution in [0.3, 0.4) is 0 Å². The van der Waals surface area contributed by atoms with E-state index in [4.69, 9.17) is 11.0 Å². The summed E-state index contributed by atoms with van der Waals surface area (Å²) in [7, 11) is 0. The zero-order valence-corrected chi connectivity index (χ0v) is 46.0. The lowest BCUT2D eigenvalue weighted by molar-refractivity contribution is 0.590. The van der Waals surface area contributed by atoms with Crippen molar-refractivity contribution in [3.63, 3.8) is 0 Å². The highest BCUT2D eigenvalue weighted by atomic mass is 16.3. The van der Waals surface area contributed by atoms with E-state index in [0.29, 0.717) is 6.42 Å². The smallest absolute Gasteiger partial charge is 0.145 e. The van der Waals surface area contributed by atoms with Crippen LogP contribution in [0.15, 0.2) is 283 Å². The molecule has 0 saturated heterocycles. The fraction of sp³-hybridized carbons (Fsp3) is 0.132. The Kier molecular flexibility index (Phi) is 12.1. The van der Waals surface area contributed by atoms with Gasteiger partial charge in [0.25, 0.3) is 0 Å². The standard InChI is InChI=1S/C76H64N2O/c1-51-23-11-8-16-32-64-66(49-68(51)77(60-43-37-56(38-44-60)74(2,3)4)62-41-35-52-24-17-19-26-54(52)47-62)76(58-28-12-9-13-29-58,59-30-14-10-15-31-59)67-50-69(72-65-33-21-22-34-70(65)79-73(72)71(64)67)78(61-45-39-57(40-46-61)75(5,6)7)63-42-36-53-25-18-20-27-55(53)48-63/h8-31,33-50H,1,32H2,2-7H3/b16-8-,23-11-,68-49?. The summed E-state index contributed by atoms with van der Waals surface area (Å²) in [4.78, 5) is 4.90. The van der Waals surface area contributed by atoms with Gasteiger partial charge in [0.05, 0.1) is 22.2 Å². The van der Waals surface area contributed by atoms with E-state index in [1.807, 2.05) is 0 Å². The molecule has 0 fully saturated rings. The molecule has 0 bridgehead atoms. The molecule has 2 aliphatic carbocycles. The van der Waals surface area contributed by atoms with Gasteiger partial charge in [0.15, 0.2) is 0 Å². The Morgan fingerprint density at radius 1 is 0.481 bits per heavy atom. The van der Waals surface area contributed by atoms with E-state index in [1.165, 1.54) is 43.8 Å². The second-order valence-corrected chi connectivity index (χ2v) is 23.4. The number of para-hydroxylation sites is 1. The minimum Gasteiger partial charge on any atom is -0.455 e. The van der Waals surface area contributed by atoms with Gasteiger partial charge in [-0.3, -0.25) is 0 Å². The monoisotopic (exact) mass is 1020 g/mol. The Balaban J connectivity index is 1.18. The number of hydrogen-bond donors (Lipinski definition) is 0. The molecular weight excluding hydrogens is 957 g/mol. The average molecular weight is 1020 g/mol. The maximum absolute atomic E-state index is 7.50. The molecule has 1 heterocycles. The summed E-state index contributed by atoms with van der Waals surface area (Å²) in [5, 5.41) is 6.86. The van der Waals surface area contributed by atoms with Crippen LogP contribution in [0.5, 0.6) is 0 Å². The Labute approximate surface area is 465 Å². The van der Waals surface area contributed by atoms with Gasteiger partial charge >= 0.3 is 0 Å². The topological polar surface area (TPSA) is 19.6 Å². The fourth-order valence-electron chi connectivity index (χ4n) is 12.4. The van der Waals surface area contributed by atoms with Crippen molar-refractivity contribution < 1.29 is 4.42 Å². The fourth-order valence-corrected chi connectivity index (χ4v) is 12.4. The molecule has 3 nitrogen and oxygen atoms in total. The van der Waals surface area contributed by atoms with Crippen LogP contribution in [-0.4, -0.2) is 0 Å². The molecule has 1 aromatic heterocycles. The van der Waals surface area contributed by atoms with Gasteiger partial charge in [-0.25, -0.2) is 0 Å². The van der Waals surface area contributed by atoms with Crippen molar-refractivity contribution in [1.29, 1.82) is 0 Å². The molecule has 0 amide bonds. The van der Waals surface area contributed by atoms with Gasteiger partial charge in [-0.05, 0) is 150 Å². The van der Waals surface area contributed by atoms with E-state index in [2.05, 4.69) is 306 Å². The van der Waals surface area contributed by atoms with Crippen LogP contribution in [0.4, 0.5) is 28.4 Å². The predicted octanol–water partition coefficient (Wildman–Crippen LogP) is 20.9. The van der Waals surface area contributed by atoms with Crippen LogP contribution < -0.4 is 9.80 Å². The quantitative estimate of drug-likeness (QED) is 0.151. The van der Waals surface area contributed by atoms with Gasteiger partial charge in [-0.2, -0.15) is 0 Å². The summed E-state index contributed by atoms with van der Waals surface area (Å²) < 4.78 is 7.50. The molecule has 0 saturated carbocycles. The minimum absolute atomic E-state index is 0.0262. The van der Waals surface area contributed by atoms with E-state index in [1.54, 1.807) is 0 Å². The largest absolute Gasteiger partial charge is 0.455 e. The van der Waals surface area contributed by atoms with Crippen LogP contribution in [0.2, 0.25) is 0 Å². The first-order valence-electron chi connectivity index (χ1n) is 27.7. The number of benzene rings is 10. The Morgan fingerprint density at radius 2 is 0.975 bits per heavy atom. The zero-order chi connectivity index (χ0) is 54.0. The average Bonchev–Trinajstić information content (AvgIpc) is 3.11. The maximum atomic E-state index is 7.50. The summed E-state index contributed by atoms with van der Waals surface area (Å²) in [5.41, 5.74) is 17.4. The highest BCUT2D eigenvalue weighted by Crippen LogP contribution is 2.61. The Hall–Kier alpha value is -9.18. The van der Waals surface area contributed by atoms with Crippen LogP contribution in [-0.2, 0) is 16.2 Å². The number of allylic oxidation sites excluding steroid dienone is 7. The first kappa shape index (κ1) is 49.4. The Bertz CT molecular complexity index is 4250. The van der Waals surface area contributed by atoms with Crippen molar-refractivity contribution in [2.45, 2.75) is 64.2 Å². The van der Waals surface area contributed by atoms with Crippen LogP contribution in [0.25, 0.3) is 49.1 Å². The lowest BCUT2D eigenvalue weighted by Gasteiger charge is -2.37. The Morgan fingerprint density at radius 3 is 1.54 bits per heavy atom. The van der Waals surface area contributed by atoms with Crippen molar-refractivity contribution in [1.82, 2.24) is 0 Å². The van der Waals surface area contributed by atoms with Crippen molar-refractivity contribution in [3.05, 3.63) is 312 Å². The second-order valence-electron chi connectivity index (χ2n) is 23.4. The van der Waals surface area contributed by atoms with Crippen LogP contribution >= 0.6 is 0 Å². The molecule has 0 aliphatic heterocycles. The van der Waals surface area contributed by atoms with Gasteiger partial charge in [0, 0.05) is 33.7 Å².